The molecule has 0 radical (unpaired) electrons. The fraction of sp³-hybridized carbons (Fsp3) is 0.200. The molecule has 3 N–H and O–H groups in total. The number of rotatable bonds is 8. The highest BCUT2D eigenvalue weighted by Crippen LogP contribution is 2.25. The third-order valence-electron chi connectivity index (χ3n) is 7.61. The Hall–Kier alpha value is -5.01. The van der Waals surface area contributed by atoms with Gasteiger partial charge in [-0.05, 0) is 79.7 Å². The predicted octanol–water partition coefficient (Wildman–Crippen LogP) is 5.52. The van der Waals surface area contributed by atoms with E-state index in [0.29, 0.717) is 17.2 Å². The van der Waals surface area contributed by atoms with Crippen LogP contribution in [0.25, 0.3) is 11.3 Å². The minimum Gasteiger partial charge on any atom is -0.324 e. The van der Waals surface area contributed by atoms with Crippen LogP contribution < -0.4 is 10.6 Å². The van der Waals surface area contributed by atoms with Crippen LogP contribution in [0.3, 0.4) is 0 Å². The number of carbonyl (C=O) groups is 1. The number of aromatic nitrogens is 3. The van der Waals surface area contributed by atoms with Crippen molar-refractivity contribution in [3.63, 3.8) is 0 Å². The summed E-state index contributed by atoms with van der Waals surface area (Å²) in [7, 11) is -1.84. The average molecular weight is 652 g/mol. The second-order valence-corrected chi connectivity index (χ2v) is 12.6. The number of nitrogens with zero attached hydrogens (tertiary/aromatic N) is 5. The van der Waals surface area contributed by atoms with Gasteiger partial charge in [0.2, 0.25) is 5.95 Å². The fourth-order valence-electron chi connectivity index (χ4n) is 4.87. The largest absolute Gasteiger partial charge is 0.324 e. The first kappa shape index (κ1) is 33.4. The fourth-order valence-corrected chi connectivity index (χ4v) is 5.37. The van der Waals surface area contributed by atoms with E-state index in [4.69, 9.17) is 4.55 Å². The Morgan fingerprint density at radius 2 is 1.64 bits per heavy atom. The third kappa shape index (κ3) is 9.74. The van der Waals surface area contributed by atoms with E-state index in [2.05, 4.69) is 42.4 Å². The Balaban J connectivity index is 0.000000371. The van der Waals surface area contributed by atoms with Crippen LogP contribution in [0, 0.1) is 6.92 Å². The van der Waals surface area contributed by atoms with Crippen LogP contribution in [0.5, 0.6) is 0 Å². The molecule has 47 heavy (non-hydrogen) atoms. The minimum absolute atomic E-state index is 0.0741. The molecule has 0 aliphatic carbocycles. The van der Waals surface area contributed by atoms with E-state index in [1.54, 1.807) is 36.8 Å². The Bertz CT molecular complexity index is 1880. The number of pyridine rings is 1. The van der Waals surface area contributed by atoms with Gasteiger partial charge in [-0.2, -0.15) is 8.42 Å². The van der Waals surface area contributed by atoms with Crippen molar-refractivity contribution in [2.45, 2.75) is 18.4 Å². The van der Waals surface area contributed by atoms with Gasteiger partial charge in [-0.15, -0.1) is 0 Å². The van der Waals surface area contributed by atoms with Gasteiger partial charge in [0.05, 0.1) is 10.6 Å². The molecule has 0 atom stereocenters. The highest BCUT2D eigenvalue weighted by molar-refractivity contribution is 7.85. The number of amides is 1. The van der Waals surface area contributed by atoms with Crippen LogP contribution in [-0.4, -0.2) is 76.9 Å². The van der Waals surface area contributed by atoms with Gasteiger partial charge in [0.15, 0.2) is 0 Å². The van der Waals surface area contributed by atoms with E-state index in [9.17, 15) is 13.2 Å². The van der Waals surface area contributed by atoms with Gasteiger partial charge >= 0.3 is 0 Å². The maximum absolute atomic E-state index is 12.9. The van der Waals surface area contributed by atoms with E-state index < -0.39 is 10.1 Å². The van der Waals surface area contributed by atoms with Gasteiger partial charge in [-0.1, -0.05) is 36.4 Å². The molecule has 1 aliphatic heterocycles. The lowest BCUT2D eigenvalue weighted by Crippen LogP contribution is -2.43. The molecule has 5 aromatic rings. The Labute approximate surface area is 275 Å². The summed E-state index contributed by atoms with van der Waals surface area (Å²) in [5.74, 6) is 0.333. The van der Waals surface area contributed by atoms with Crippen molar-refractivity contribution in [3.05, 3.63) is 126 Å². The molecule has 1 fully saturated rings. The van der Waals surface area contributed by atoms with E-state index >= 15 is 0 Å². The SMILES string of the molecule is Cc1ccc(NC(=O)c2ccc(CN3CCN(C)CC3)cc2)cc1Nc1nccc(-c2cccnc2)n1.O=S(=O)(O)c1ccccc1. The maximum Gasteiger partial charge on any atom is 0.294 e. The summed E-state index contributed by atoms with van der Waals surface area (Å²) in [4.78, 5) is 30.8. The molecule has 2 aromatic heterocycles. The molecule has 3 heterocycles. The van der Waals surface area contributed by atoms with Crippen molar-refractivity contribution in [2.24, 2.45) is 0 Å². The van der Waals surface area contributed by atoms with Gasteiger partial charge in [0, 0.05) is 73.8 Å². The van der Waals surface area contributed by atoms with Crippen LogP contribution in [0.2, 0.25) is 0 Å². The van der Waals surface area contributed by atoms with Crippen molar-refractivity contribution in [2.75, 3.05) is 43.9 Å². The summed E-state index contributed by atoms with van der Waals surface area (Å²) in [6.45, 7) is 7.24. The summed E-state index contributed by atoms with van der Waals surface area (Å²) in [5.41, 5.74) is 6.08. The first-order chi connectivity index (χ1) is 22.6. The second-order valence-electron chi connectivity index (χ2n) is 11.2. The summed E-state index contributed by atoms with van der Waals surface area (Å²) in [5, 5.41) is 6.29. The molecule has 242 valence electrons. The molecule has 3 aromatic carbocycles. The van der Waals surface area contributed by atoms with Crippen LogP contribution >= 0.6 is 0 Å². The molecule has 1 amide bonds. The van der Waals surface area contributed by atoms with Crippen LogP contribution in [0.4, 0.5) is 17.3 Å². The first-order valence-corrected chi connectivity index (χ1v) is 16.5. The number of piperazine rings is 1. The van der Waals surface area contributed by atoms with Gasteiger partial charge in [0.1, 0.15) is 0 Å². The summed E-state index contributed by atoms with van der Waals surface area (Å²) >= 11 is 0. The Morgan fingerprint density at radius 1 is 0.894 bits per heavy atom. The molecular formula is C35H37N7O4S. The standard InChI is InChI=1S/C29H31N7O.C6H6O3S/c1-21-5-10-25(18-27(21)34-29-31-13-11-26(33-29)24-4-3-12-30-19-24)32-28(37)23-8-6-22(7-9-23)20-36-16-14-35(2)15-17-36;7-10(8,9)6-4-2-1-3-5-6/h3-13,18-19H,14-17,20H2,1-2H3,(H,32,37)(H,31,33,34);1-5H,(H,7,8,9). The number of hydrogen-bond donors (Lipinski definition) is 3. The van der Waals surface area contributed by atoms with E-state index in [1.807, 2.05) is 67.6 Å². The smallest absolute Gasteiger partial charge is 0.294 e. The first-order valence-electron chi connectivity index (χ1n) is 15.1. The van der Waals surface area contributed by atoms with Gasteiger partial charge < -0.3 is 15.5 Å². The van der Waals surface area contributed by atoms with Gasteiger partial charge in [-0.3, -0.25) is 19.2 Å². The van der Waals surface area contributed by atoms with Gasteiger partial charge in [0.25, 0.3) is 16.0 Å². The van der Waals surface area contributed by atoms with E-state index in [-0.39, 0.29) is 10.8 Å². The lowest BCUT2D eigenvalue weighted by Gasteiger charge is -2.32. The molecule has 11 nitrogen and oxygen atoms in total. The normalized spacial score (nSPS) is 13.7. The molecule has 0 bridgehead atoms. The van der Waals surface area contributed by atoms with Crippen molar-refractivity contribution < 1.29 is 17.8 Å². The van der Waals surface area contributed by atoms with E-state index in [0.717, 1.165) is 55.2 Å². The number of aryl methyl sites for hydroxylation is 1. The monoisotopic (exact) mass is 651 g/mol. The highest BCUT2D eigenvalue weighted by Gasteiger charge is 2.15. The zero-order chi connectivity index (χ0) is 33.2. The lowest BCUT2D eigenvalue weighted by molar-refractivity contribution is 0.102. The number of anilines is 3. The van der Waals surface area contributed by atoms with E-state index in [1.165, 1.54) is 17.7 Å². The topological polar surface area (TPSA) is 141 Å². The summed E-state index contributed by atoms with van der Waals surface area (Å²) in [6.07, 6.45) is 5.22. The quantitative estimate of drug-likeness (QED) is 0.184. The zero-order valence-electron chi connectivity index (χ0n) is 26.2. The molecule has 6 rings (SSSR count). The number of nitrogens with one attached hydrogen (secondary N) is 2. The molecule has 0 saturated carbocycles. The number of carbonyl (C=O) groups excluding carboxylic acids is 1. The zero-order valence-corrected chi connectivity index (χ0v) is 27.1. The molecule has 0 spiro atoms. The van der Waals surface area contributed by atoms with Crippen molar-refractivity contribution in [1.29, 1.82) is 0 Å². The Morgan fingerprint density at radius 3 is 2.30 bits per heavy atom. The molecule has 1 aliphatic rings. The summed E-state index contributed by atoms with van der Waals surface area (Å²) in [6, 6.07) is 26.7. The summed E-state index contributed by atoms with van der Waals surface area (Å²) < 4.78 is 29.2. The maximum atomic E-state index is 12.9. The Kier molecular flexibility index (Phi) is 11.0. The molecular weight excluding hydrogens is 614 g/mol. The van der Waals surface area contributed by atoms with Crippen molar-refractivity contribution in [1.82, 2.24) is 24.8 Å². The predicted molar refractivity (Wildman–Crippen MR) is 183 cm³/mol. The highest BCUT2D eigenvalue weighted by atomic mass is 32.2. The molecule has 0 unspecified atom stereocenters. The molecule has 1 saturated heterocycles. The number of hydrogen-bond acceptors (Lipinski definition) is 9. The van der Waals surface area contributed by atoms with Crippen molar-refractivity contribution in [3.8, 4) is 11.3 Å². The van der Waals surface area contributed by atoms with Crippen LogP contribution in [-0.2, 0) is 16.7 Å². The number of benzene rings is 3. The minimum atomic E-state index is -4.00. The van der Waals surface area contributed by atoms with Crippen LogP contribution in [0.15, 0.2) is 114 Å². The average Bonchev–Trinajstić information content (AvgIpc) is 3.08. The number of likely N-dealkylation sites (N-methyl/N-ethyl adjacent to an activating group) is 1. The van der Waals surface area contributed by atoms with Gasteiger partial charge in [-0.25, -0.2) is 9.97 Å². The third-order valence-corrected chi connectivity index (χ3v) is 8.48. The van der Waals surface area contributed by atoms with Crippen LogP contribution in [0.1, 0.15) is 21.5 Å². The van der Waals surface area contributed by atoms with Crippen molar-refractivity contribution >= 4 is 33.3 Å². The lowest BCUT2D eigenvalue weighted by atomic mass is 10.1. The molecule has 12 heteroatoms. The second kappa shape index (κ2) is 15.5.